The average molecular weight is 358 g/mol. The molecule has 0 saturated carbocycles. The Morgan fingerprint density at radius 2 is 2.04 bits per heavy atom. The van der Waals surface area contributed by atoms with Crippen LogP contribution in [-0.4, -0.2) is 47.2 Å². The summed E-state index contributed by atoms with van der Waals surface area (Å²) in [6, 6.07) is 4.26. The van der Waals surface area contributed by atoms with E-state index in [1.54, 1.807) is 18.2 Å². The van der Waals surface area contributed by atoms with E-state index in [0.29, 0.717) is 29.8 Å². The number of nitrogens with zero attached hydrogens (tertiary/aromatic N) is 1. The molecule has 138 valence electrons. The third kappa shape index (κ3) is 3.13. The summed E-state index contributed by atoms with van der Waals surface area (Å²) in [5.41, 5.74) is 7.00. The van der Waals surface area contributed by atoms with Gasteiger partial charge in [-0.05, 0) is 24.5 Å². The van der Waals surface area contributed by atoms with Crippen LogP contribution in [0.15, 0.2) is 18.2 Å². The largest absolute Gasteiger partial charge is 0.329 e. The summed E-state index contributed by atoms with van der Waals surface area (Å²) in [6.45, 7) is 2.89. The number of fused-ring (bicyclic) bond motifs is 1. The number of rotatable bonds is 6. The number of nitrogens with one attached hydrogen (secondary N) is 2. The van der Waals surface area contributed by atoms with Gasteiger partial charge in [-0.15, -0.1) is 0 Å². The van der Waals surface area contributed by atoms with Crippen molar-refractivity contribution in [2.45, 2.75) is 44.8 Å². The molecule has 8 heteroatoms. The second-order valence-electron chi connectivity index (χ2n) is 6.51. The SMILES string of the molecule is CCC(CN)NCc1cccc2c1C(=O)N(C1CCC(=O)NC1=O)C2=O. The first kappa shape index (κ1) is 18.2. The van der Waals surface area contributed by atoms with Gasteiger partial charge in [0.05, 0.1) is 11.1 Å². The lowest BCUT2D eigenvalue weighted by atomic mass is 10.0. The van der Waals surface area contributed by atoms with Crippen molar-refractivity contribution < 1.29 is 19.2 Å². The van der Waals surface area contributed by atoms with Gasteiger partial charge in [-0.25, -0.2) is 0 Å². The molecule has 2 atom stereocenters. The zero-order chi connectivity index (χ0) is 18.8. The highest BCUT2D eigenvalue weighted by Gasteiger charge is 2.45. The Bertz CT molecular complexity index is 772. The van der Waals surface area contributed by atoms with E-state index in [1.807, 2.05) is 6.92 Å². The minimum atomic E-state index is -0.951. The van der Waals surface area contributed by atoms with Crippen molar-refractivity contribution in [3.8, 4) is 0 Å². The van der Waals surface area contributed by atoms with Gasteiger partial charge in [-0.2, -0.15) is 0 Å². The molecule has 2 aliphatic rings. The summed E-state index contributed by atoms with van der Waals surface area (Å²) in [4.78, 5) is 50.1. The summed E-state index contributed by atoms with van der Waals surface area (Å²) >= 11 is 0. The highest BCUT2D eigenvalue weighted by atomic mass is 16.2. The Morgan fingerprint density at radius 3 is 2.69 bits per heavy atom. The molecule has 2 heterocycles. The molecule has 2 unspecified atom stereocenters. The number of amides is 4. The number of imide groups is 2. The van der Waals surface area contributed by atoms with Crippen LogP contribution < -0.4 is 16.4 Å². The van der Waals surface area contributed by atoms with Crippen LogP contribution in [0.4, 0.5) is 0 Å². The van der Waals surface area contributed by atoms with Crippen LogP contribution in [-0.2, 0) is 16.1 Å². The van der Waals surface area contributed by atoms with Gasteiger partial charge in [0.15, 0.2) is 0 Å². The van der Waals surface area contributed by atoms with Gasteiger partial charge in [-0.1, -0.05) is 19.1 Å². The van der Waals surface area contributed by atoms with E-state index in [4.69, 9.17) is 5.73 Å². The van der Waals surface area contributed by atoms with Gasteiger partial charge in [0, 0.05) is 25.6 Å². The molecule has 3 rings (SSSR count). The number of hydrogen-bond acceptors (Lipinski definition) is 6. The molecule has 2 aliphatic heterocycles. The Hall–Kier alpha value is -2.58. The number of benzene rings is 1. The molecule has 4 amide bonds. The maximum absolute atomic E-state index is 12.9. The van der Waals surface area contributed by atoms with E-state index in [2.05, 4.69) is 10.6 Å². The van der Waals surface area contributed by atoms with Crippen molar-refractivity contribution in [2.24, 2.45) is 5.73 Å². The standard InChI is InChI=1S/C18H22N4O4/c1-2-11(8-19)20-9-10-4-3-5-12-15(10)18(26)22(17(12)25)13-6-7-14(23)21-16(13)24/h3-5,11,13,20H,2,6-9,19H2,1H3,(H,21,23,24). The molecule has 26 heavy (non-hydrogen) atoms. The van der Waals surface area contributed by atoms with Crippen LogP contribution in [0, 0.1) is 0 Å². The van der Waals surface area contributed by atoms with Gasteiger partial charge < -0.3 is 11.1 Å². The van der Waals surface area contributed by atoms with Crippen LogP contribution in [0.5, 0.6) is 0 Å². The lowest BCUT2D eigenvalue weighted by molar-refractivity contribution is -0.136. The van der Waals surface area contributed by atoms with Crippen molar-refractivity contribution in [1.29, 1.82) is 0 Å². The molecular formula is C18H22N4O4. The predicted octanol–water partition coefficient (Wildman–Crippen LogP) is -0.0853. The van der Waals surface area contributed by atoms with Crippen LogP contribution in [0.2, 0.25) is 0 Å². The molecule has 1 fully saturated rings. The topological polar surface area (TPSA) is 122 Å². The fourth-order valence-corrected chi connectivity index (χ4v) is 3.38. The highest BCUT2D eigenvalue weighted by Crippen LogP contribution is 2.29. The molecule has 0 aromatic heterocycles. The molecule has 4 N–H and O–H groups in total. The number of hydrogen-bond donors (Lipinski definition) is 3. The number of carbonyl (C=O) groups excluding carboxylic acids is 4. The highest BCUT2D eigenvalue weighted by molar-refractivity contribution is 6.24. The first-order chi connectivity index (χ1) is 12.5. The molecule has 0 bridgehead atoms. The lowest BCUT2D eigenvalue weighted by Crippen LogP contribution is -2.54. The van der Waals surface area contributed by atoms with Crippen molar-refractivity contribution in [1.82, 2.24) is 15.5 Å². The smallest absolute Gasteiger partial charge is 0.262 e. The van der Waals surface area contributed by atoms with Crippen molar-refractivity contribution in [3.05, 3.63) is 34.9 Å². The fraction of sp³-hybridized carbons (Fsp3) is 0.444. The Balaban J connectivity index is 1.87. The normalized spacial score (nSPS) is 21.0. The average Bonchev–Trinajstić information content (AvgIpc) is 2.88. The summed E-state index contributed by atoms with van der Waals surface area (Å²) < 4.78 is 0. The third-order valence-corrected chi connectivity index (χ3v) is 4.91. The minimum Gasteiger partial charge on any atom is -0.329 e. The summed E-state index contributed by atoms with van der Waals surface area (Å²) in [7, 11) is 0. The minimum absolute atomic E-state index is 0.104. The Labute approximate surface area is 151 Å². The molecule has 1 aromatic carbocycles. The zero-order valence-electron chi connectivity index (χ0n) is 14.6. The fourth-order valence-electron chi connectivity index (χ4n) is 3.38. The summed E-state index contributed by atoms with van der Waals surface area (Å²) in [6.07, 6.45) is 1.10. The third-order valence-electron chi connectivity index (χ3n) is 4.91. The van der Waals surface area contributed by atoms with Crippen LogP contribution in [0.3, 0.4) is 0 Å². The summed E-state index contributed by atoms with van der Waals surface area (Å²) in [5.74, 6) is -1.98. The van der Waals surface area contributed by atoms with E-state index in [-0.39, 0.29) is 24.8 Å². The van der Waals surface area contributed by atoms with E-state index < -0.39 is 23.8 Å². The predicted molar refractivity (Wildman–Crippen MR) is 93.1 cm³/mol. The second kappa shape index (κ2) is 7.35. The molecule has 0 aliphatic carbocycles. The maximum Gasteiger partial charge on any atom is 0.262 e. The number of carbonyl (C=O) groups is 4. The van der Waals surface area contributed by atoms with E-state index in [9.17, 15) is 19.2 Å². The zero-order valence-corrected chi connectivity index (χ0v) is 14.6. The molecule has 0 spiro atoms. The number of nitrogens with two attached hydrogens (primary N) is 1. The first-order valence-corrected chi connectivity index (χ1v) is 8.74. The van der Waals surface area contributed by atoms with Gasteiger partial charge in [0.25, 0.3) is 11.8 Å². The van der Waals surface area contributed by atoms with Gasteiger partial charge in [0.2, 0.25) is 11.8 Å². The summed E-state index contributed by atoms with van der Waals surface area (Å²) in [5, 5.41) is 5.47. The van der Waals surface area contributed by atoms with Gasteiger partial charge >= 0.3 is 0 Å². The molecule has 1 aromatic rings. The molecule has 1 saturated heterocycles. The molecule has 8 nitrogen and oxygen atoms in total. The molecular weight excluding hydrogens is 336 g/mol. The van der Waals surface area contributed by atoms with E-state index in [1.165, 1.54) is 0 Å². The Morgan fingerprint density at radius 1 is 1.27 bits per heavy atom. The second-order valence-corrected chi connectivity index (χ2v) is 6.51. The lowest BCUT2D eigenvalue weighted by Gasteiger charge is -2.27. The molecule has 0 radical (unpaired) electrons. The van der Waals surface area contributed by atoms with E-state index in [0.717, 1.165) is 11.3 Å². The first-order valence-electron chi connectivity index (χ1n) is 8.74. The van der Waals surface area contributed by atoms with Crippen molar-refractivity contribution in [3.63, 3.8) is 0 Å². The van der Waals surface area contributed by atoms with Crippen molar-refractivity contribution >= 4 is 23.6 Å². The van der Waals surface area contributed by atoms with Gasteiger partial charge in [-0.3, -0.25) is 29.4 Å². The Kier molecular flexibility index (Phi) is 5.15. The van der Waals surface area contributed by atoms with Crippen LogP contribution in [0.25, 0.3) is 0 Å². The number of piperidine rings is 1. The van der Waals surface area contributed by atoms with Crippen molar-refractivity contribution in [2.75, 3.05) is 6.54 Å². The van der Waals surface area contributed by atoms with E-state index >= 15 is 0 Å². The van der Waals surface area contributed by atoms with Gasteiger partial charge in [0.1, 0.15) is 6.04 Å². The monoisotopic (exact) mass is 358 g/mol. The van der Waals surface area contributed by atoms with Crippen LogP contribution in [0.1, 0.15) is 52.5 Å². The van der Waals surface area contributed by atoms with Crippen LogP contribution >= 0.6 is 0 Å². The quantitative estimate of drug-likeness (QED) is 0.611. The maximum atomic E-state index is 12.9.